The number of rotatable bonds is 3. The van der Waals surface area contributed by atoms with Gasteiger partial charge in [0.15, 0.2) is 0 Å². The van der Waals surface area contributed by atoms with E-state index in [1.807, 2.05) is 0 Å². The highest BCUT2D eigenvalue weighted by molar-refractivity contribution is 6.34. The van der Waals surface area contributed by atoms with Crippen LogP contribution < -0.4 is 0 Å². The fraction of sp³-hybridized carbons (Fsp3) is 0.846. The van der Waals surface area contributed by atoms with E-state index in [9.17, 15) is 9.59 Å². The molecule has 16 heavy (non-hydrogen) atoms. The van der Waals surface area contributed by atoms with Crippen molar-refractivity contribution in [1.82, 2.24) is 0 Å². The van der Waals surface area contributed by atoms with Gasteiger partial charge in [0.1, 0.15) is 0 Å². The first-order chi connectivity index (χ1) is 7.47. The molecule has 0 unspecified atom stereocenters. The lowest BCUT2D eigenvalue weighted by Gasteiger charge is -2.35. The maximum atomic E-state index is 11.9. The number of hydrogen-bond donors (Lipinski definition) is 0. The largest absolute Gasteiger partial charge is 0.463 e. The average molecular weight is 226 g/mol. The van der Waals surface area contributed by atoms with Crippen molar-refractivity contribution < 1.29 is 14.3 Å². The molecular weight excluding hydrogens is 204 g/mol. The molecule has 3 nitrogen and oxygen atoms in total. The van der Waals surface area contributed by atoms with Gasteiger partial charge in [-0.05, 0) is 30.6 Å². The van der Waals surface area contributed by atoms with Crippen LogP contribution in [-0.4, -0.2) is 18.9 Å². The van der Waals surface area contributed by atoms with Crippen molar-refractivity contribution >= 4 is 11.8 Å². The van der Waals surface area contributed by atoms with E-state index in [1.54, 1.807) is 0 Å². The number of carbonyl (C=O) groups excluding carboxylic acids is 2. The van der Waals surface area contributed by atoms with Gasteiger partial charge in [-0.25, -0.2) is 4.79 Å². The van der Waals surface area contributed by atoms with Crippen molar-refractivity contribution in [3.8, 4) is 0 Å². The van der Waals surface area contributed by atoms with Crippen LogP contribution in [0.4, 0.5) is 0 Å². The van der Waals surface area contributed by atoms with Gasteiger partial charge in [-0.1, -0.05) is 27.2 Å². The van der Waals surface area contributed by atoms with Gasteiger partial charge < -0.3 is 4.74 Å². The van der Waals surface area contributed by atoms with E-state index in [2.05, 4.69) is 25.5 Å². The maximum Gasteiger partial charge on any atom is 0.374 e. The van der Waals surface area contributed by atoms with Gasteiger partial charge in [0, 0.05) is 5.92 Å². The number of carbonyl (C=O) groups is 2. The lowest BCUT2D eigenvalue weighted by molar-refractivity contribution is -0.155. The van der Waals surface area contributed by atoms with Gasteiger partial charge in [-0.3, -0.25) is 4.79 Å². The molecule has 1 aliphatic rings. The minimum atomic E-state index is -0.676. The molecule has 0 heterocycles. The SMILES string of the molecule is COC(=O)C(=O)[C@H]1C[C@@H](C)CC[C@@H]1C(C)C. The second kappa shape index (κ2) is 5.46. The van der Waals surface area contributed by atoms with E-state index in [0.717, 1.165) is 19.3 Å². The molecule has 92 valence electrons. The molecule has 1 saturated carbocycles. The molecule has 0 aromatic heterocycles. The lowest BCUT2D eigenvalue weighted by atomic mass is 9.68. The maximum absolute atomic E-state index is 11.9. The zero-order chi connectivity index (χ0) is 12.3. The summed E-state index contributed by atoms with van der Waals surface area (Å²) in [5.41, 5.74) is 0. The zero-order valence-electron chi connectivity index (χ0n) is 10.7. The Morgan fingerprint density at radius 2 is 1.88 bits per heavy atom. The van der Waals surface area contributed by atoms with Gasteiger partial charge in [-0.15, -0.1) is 0 Å². The first kappa shape index (κ1) is 13.2. The van der Waals surface area contributed by atoms with Crippen LogP contribution in [0.5, 0.6) is 0 Å². The molecule has 3 atom stereocenters. The lowest BCUT2D eigenvalue weighted by Crippen LogP contribution is -2.37. The molecule has 0 saturated heterocycles. The minimum Gasteiger partial charge on any atom is -0.463 e. The molecule has 0 N–H and O–H groups in total. The Bertz CT molecular complexity index is 270. The van der Waals surface area contributed by atoms with Gasteiger partial charge in [0.25, 0.3) is 0 Å². The smallest absolute Gasteiger partial charge is 0.374 e. The summed E-state index contributed by atoms with van der Waals surface area (Å²) >= 11 is 0. The summed E-state index contributed by atoms with van der Waals surface area (Å²) in [7, 11) is 1.27. The summed E-state index contributed by atoms with van der Waals surface area (Å²) in [5.74, 6) is 0.191. The van der Waals surface area contributed by atoms with Crippen LogP contribution in [0.2, 0.25) is 0 Å². The van der Waals surface area contributed by atoms with E-state index in [0.29, 0.717) is 17.8 Å². The normalized spacial score (nSPS) is 30.2. The number of ketones is 1. The number of esters is 1. The van der Waals surface area contributed by atoms with Crippen LogP contribution in [0.3, 0.4) is 0 Å². The van der Waals surface area contributed by atoms with Crippen LogP contribution in [0.25, 0.3) is 0 Å². The molecule has 1 aliphatic carbocycles. The Labute approximate surface area is 97.5 Å². The van der Waals surface area contributed by atoms with Crippen molar-refractivity contribution in [2.24, 2.45) is 23.7 Å². The van der Waals surface area contributed by atoms with Crippen molar-refractivity contribution in [3.05, 3.63) is 0 Å². The van der Waals surface area contributed by atoms with Crippen molar-refractivity contribution in [2.75, 3.05) is 7.11 Å². The van der Waals surface area contributed by atoms with Crippen LogP contribution in [0.15, 0.2) is 0 Å². The third kappa shape index (κ3) is 2.83. The topological polar surface area (TPSA) is 43.4 Å². The quantitative estimate of drug-likeness (QED) is 0.548. The van der Waals surface area contributed by atoms with Crippen molar-refractivity contribution in [3.63, 3.8) is 0 Å². The van der Waals surface area contributed by atoms with Gasteiger partial charge in [0.2, 0.25) is 5.78 Å². The third-order valence-corrected chi connectivity index (χ3v) is 3.75. The average Bonchev–Trinajstić information content (AvgIpc) is 2.26. The number of Topliss-reactive ketones (excluding diaryl/α,β-unsaturated/α-hetero) is 1. The first-order valence-electron chi connectivity index (χ1n) is 6.09. The zero-order valence-corrected chi connectivity index (χ0v) is 10.7. The highest BCUT2D eigenvalue weighted by Gasteiger charge is 2.38. The van der Waals surface area contributed by atoms with Crippen LogP contribution >= 0.6 is 0 Å². The molecule has 0 aromatic carbocycles. The Morgan fingerprint density at radius 1 is 1.25 bits per heavy atom. The van der Waals surface area contributed by atoms with Gasteiger partial charge in [0.05, 0.1) is 7.11 Å². The van der Waals surface area contributed by atoms with E-state index < -0.39 is 5.97 Å². The van der Waals surface area contributed by atoms with Crippen molar-refractivity contribution in [1.29, 1.82) is 0 Å². The van der Waals surface area contributed by atoms with E-state index in [-0.39, 0.29) is 11.7 Å². The second-order valence-electron chi connectivity index (χ2n) is 5.29. The summed E-state index contributed by atoms with van der Waals surface area (Å²) in [5, 5.41) is 0. The van der Waals surface area contributed by atoms with E-state index in [1.165, 1.54) is 7.11 Å². The van der Waals surface area contributed by atoms with Gasteiger partial charge >= 0.3 is 5.97 Å². The summed E-state index contributed by atoms with van der Waals surface area (Å²) < 4.78 is 4.54. The van der Waals surface area contributed by atoms with E-state index >= 15 is 0 Å². The Kier molecular flexibility index (Phi) is 4.51. The molecule has 3 heteroatoms. The Morgan fingerprint density at radius 3 is 2.38 bits per heavy atom. The highest BCUT2D eigenvalue weighted by atomic mass is 16.5. The molecule has 1 fully saturated rings. The third-order valence-electron chi connectivity index (χ3n) is 3.75. The molecule has 0 amide bonds. The molecular formula is C13H22O3. The Balaban J connectivity index is 2.78. The van der Waals surface area contributed by atoms with Crippen LogP contribution in [0, 0.1) is 23.7 Å². The summed E-state index contributed by atoms with van der Waals surface area (Å²) in [4.78, 5) is 23.2. The second-order valence-corrected chi connectivity index (χ2v) is 5.29. The summed E-state index contributed by atoms with van der Waals surface area (Å²) in [6, 6.07) is 0. The first-order valence-corrected chi connectivity index (χ1v) is 6.09. The molecule has 0 spiro atoms. The molecule has 0 radical (unpaired) electrons. The predicted molar refractivity (Wildman–Crippen MR) is 61.9 cm³/mol. The molecule has 1 rings (SSSR count). The van der Waals surface area contributed by atoms with Crippen LogP contribution in [-0.2, 0) is 14.3 Å². The molecule has 0 bridgehead atoms. The predicted octanol–water partition coefficient (Wildman–Crippen LogP) is 2.44. The number of ether oxygens (including phenoxy) is 1. The van der Waals surface area contributed by atoms with Crippen molar-refractivity contribution in [2.45, 2.75) is 40.0 Å². The summed E-state index contributed by atoms with van der Waals surface area (Å²) in [6.07, 6.45) is 3.04. The fourth-order valence-electron chi connectivity index (χ4n) is 2.76. The highest BCUT2D eigenvalue weighted by Crippen LogP contribution is 2.38. The Hall–Kier alpha value is -0.860. The molecule has 0 aliphatic heterocycles. The number of hydrogen-bond acceptors (Lipinski definition) is 3. The number of methoxy groups -OCH3 is 1. The standard InChI is InChI=1S/C13H22O3/c1-8(2)10-6-5-9(3)7-11(10)12(14)13(15)16-4/h8-11H,5-7H2,1-4H3/t9-,10+,11-/m0/s1. The fourth-order valence-corrected chi connectivity index (χ4v) is 2.76. The monoisotopic (exact) mass is 226 g/mol. The summed E-state index contributed by atoms with van der Waals surface area (Å²) in [6.45, 7) is 6.39. The van der Waals surface area contributed by atoms with Crippen LogP contribution in [0.1, 0.15) is 40.0 Å². The van der Waals surface area contributed by atoms with E-state index in [4.69, 9.17) is 0 Å². The van der Waals surface area contributed by atoms with Gasteiger partial charge in [-0.2, -0.15) is 0 Å². The molecule has 0 aromatic rings. The minimum absolute atomic E-state index is 0.129.